The molecule has 0 atom stereocenters. The SMILES string of the molecule is CCN(CC)CN1C(=O)SC(=Cc2ccccc2)C1=O. The maximum Gasteiger partial charge on any atom is 0.294 e. The van der Waals surface area contributed by atoms with E-state index in [0.717, 1.165) is 30.4 Å². The van der Waals surface area contributed by atoms with Crippen molar-refractivity contribution >= 4 is 29.0 Å². The minimum atomic E-state index is -0.198. The molecule has 1 aliphatic rings. The van der Waals surface area contributed by atoms with Crippen molar-refractivity contribution in [2.75, 3.05) is 19.8 Å². The second-order valence-electron chi connectivity index (χ2n) is 4.47. The molecule has 0 aliphatic carbocycles. The predicted octanol–water partition coefficient (Wildman–Crippen LogP) is 3.02. The molecular formula is C15H18N2O2S. The molecular weight excluding hydrogens is 272 g/mol. The van der Waals surface area contributed by atoms with Crippen LogP contribution >= 0.6 is 11.8 Å². The summed E-state index contributed by atoms with van der Waals surface area (Å²) < 4.78 is 0. The molecule has 2 amide bonds. The Kier molecular flexibility index (Phi) is 4.98. The van der Waals surface area contributed by atoms with Crippen LogP contribution in [0.5, 0.6) is 0 Å². The molecule has 0 N–H and O–H groups in total. The van der Waals surface area contributed by atoms with Gasteiger partial charge in [0.15, 0.2) is 0 Å². The molecule has 20 heavy (non-hydrogen) atoms. The van der Waals surface area contributed by atoms with E-state index < -0.39 is 0 Å². The van der Waals surface area contributed by atoms with Gasteiger partial charge >= 0.3 is 0 Å². The molecule has 0 bridgehead atoms. The Morgan fingerprint density at radius 2 is 1.80 bits per heavy atom. The summed E-state index contributed by atoms with van der Waals surface area (Å²) in [4.78, 5) is 28.1. The number of rotatable bonds is 5. The molecule has 1 heterocycles. The lowest BCUT2D eigenvalue weighted by molar-refractivity contribution is -0.124. The second-order valence-corrected chi connectivity index (χ2v) is 5.46. The maximum atomic E-state index is 12.3. The molecule has 1 aromatic rings. The third-order valence-corrected chi connectivity index (χ3v) is 4.11. The van der Waals surface area contributed by atoms with Crippen LogP contribution in [-0.4, -0.2) is 40.7 Å². The van der Waals surface area contributed by atoms with E-state index in [1.54, 1.807) is 6.08 Å². The van der Waals surface area contributed by atoms with Crippen molar-refractivity contribution in [2.24, 2.45) is 0 Å². The summed E-state index contributed by atoms with van der Waals surface area (Å²) in [7, 11) is 0. The highest BCUT2D eigenvalue weighted by Gasteiger charge is 2.35. The van der Waals surface area contributed by atoms with Gasteiger partial charge in [0.25, 0.3) is 11.1 Å². The molecule has 1 aromatic carbocycles. The standard InChI is InChI=1S/C15H18N2O2S/c1-3-16(4-2)11-17-14(18)13(20-15(17)19)10-12-8-6-5-7-9-12/h5-10H,3-4,11H2,1-2H3. The fourth-order valence-corrected chi connectivity index (χ4v) is 2.78. The molecule has 1 saturated heterocycles. The van der Waals surface area contributed by atoms with Crippen molar-refractivity contribution < 1.29 is 9.59 Å². The highest BCUT2D eigenvalue weighted by molar-refractivity contribution is 8.18. The summed E-state index contributed by atoms with van der Waals surface area (Å²) >= 11 is 1.01. The molecule has 106 valence electrons. The van der Waals surface area contributed by atoms with Crippen molar-refractivity contribution in [3.63, 3.8) is 0 Å². The van der Waals surface area contributed by atoms with E-state index >= 15 is 0 Å². The third-order valence-electron chi connectivity index (χ3n) is 3.21. The van der Waals surface area contributed by atoms with Crippen molar-refractivity contribution in [1.29, 1.82) is 0 Å². The largest absolute Gasteiger partial charge is 0.294 e. The predicted molar refractivity (Wildman–Crippen MR) is 82.0 cm³/mol. The first-order valence-electron chi connectivity index (χ1n) is 6.68. The van der Waals surface area contributed by atoms with Crippen LogP contribution in [0.3, 0.4) is 0 Å². The van der Waals surface area contributed by atoms with Crippen molar-refractivity contribution in [1.82, 2.24) is 9.80 Å². The first kappa shape index (κ1) is 14.8. The van der Waals surface area contributed by atoms with Gasteiger partial charge in [0.05, 0.1) is 11.6 Å². The summed E-state index contributed by atoms with van der Waals surface area (Å²) in [5.41, 5.74) is 0.931. The van der Waals surface area contributed by atoms with Crippen LogP contribution in [-0.2, 0) is 4.79 Å². The van der Waals surface area contributed by atoms with E-state index in [2.05, 4.69) is 0 Å². The summed E-state index contributed by atoms with van der Waals surface area (Å²) in [5, 5.41) is -0.191. The Morgan fingerprint density at radius 1 is 1.15 bits per heavy atom. The normalized spacial score (nSPS) is 17.6. The summed E-state index contributed by atoms with van der Waals surface area (Å²) in [6.45, 7) is 6.03. The third kappa shape index (κ3) is 3.29. The quantitative estimate of drug-likeness (QED) is 0.782. The van der Waals surface area contributed by atoms with Crippen LogP contribution in [0.2, 0.25) is 0 Å². The minimum absolute atomic E-state index is 0.191. The van der Waals surface area contributed by atoms with Gasteiger partial charge in [-0.15, -0.1) is 0 Å². The molecule has 0 spiro atoms. The van der Waals surface area contributed by atoms with Crippen LogP contribution in [0.1, 0.15) is 19.4 Å². The van der Waals surface area contributed by atoms with Gasteiger partial charge in [0, 0.05) is 0 Å². The van der Waals surface area contributed by atoms with Gasteiger partial charge in [-0.2, -0.15) is 0 Å². The number of carbonyl (C=O) groups is 2. The monoisotopic (exact) mass is 290 g/mol. The Balaban J connectivity index is 2.14. The molecule has 0 unspecified atom stereocenters. The van der Waals surface area contributed by atoms with Gasteiger partial charge in [-0.05, 0) is 36.5 Å². The molecule has 0 radical (unpaired) electrons. The number of amides is 2. The Bertz CT molecular complexity index is 524. The highest BCUT2D eigenvalue weighted by atomic mass is 32.2. The van der Waals surface area contributed by atoms with Gasteiger partial charge < -0.3 is 0 Å². The molecule has 1 fully saturated rings. The van der Waals surface area contributed by atoms with Crippen LogP contribution in [0.25, 0.3) is 6.08 Å². The number of hydrogen-bond donors (Lipinski definition) is 0. The summed E-state index contributed by atoms with van der Waals surface area (Å²) in [5.74, 6) is -0.198. The lowest BCUT2D eigenvalue weighted by Gasteiger charge is -2.23. The smallest absolute Gasteiger partial charge is 0.286 e. The zero-order chi connectivity index (χ0) is 14.5. The molecule has 5 heteroatoms. The number of thioether (sulfide) groups is 1. The molecule has 1 aliphatic heterocycles. The van der Waals surface area contributed by atoms with Gasteiger partial charge in [-0.1, -0.05) is 44.2 Å². The van der Waals surface area contributed by atoms with Gasteiger partial charge in [0.2, 0.25) is 0 Å². The van der Waals surface area contributed by atoms with Crippen LogP contribution in [0, 0.1) is 0 Å². The molecule has 0 aromatic heterocycles. The van der Waals surface area contributed by atoms with E-state index in [-0.39, 0.29) is 11.1 Å². The summed E-state index contributed by atoms with van der Waals surface area (Å²) in [6, 6.07) is 9.57. The number of benzene rings is 1. The Labute approximate surface area is 123 Å². The minimum Gasteiger partial charge on any atom is -0.286 e. The lowest BCUT2D eigenvalue weighted by atomic mass is 10.2. The average Bonchev–Trinajstić information content (AvgIpc) is 2.72. The first-order valence-corrected chi connectivity index (χ1v) is 7.50. The maximum absolute atomic E-state index is 12.3. The number of nitrogens with zero attached hydrogens (tertiary/aromatic N) is 2. The van der Waals surface area contributed by atoms with E-state index in [0.29, 0.717) is 11.6 Å². The van der Waals surface area contributed by atoms with Crippen molar-refractivity contribution in [3.8, 4) is 0 Å². The molecule has 0 saturated carbocycles. The van der Waals surface area contributed by atoms with E-state index in [9.17, 15) is 9.59 Å². The average molecular weight is 290 g/mol. The first-order chi connectivity index (χ1) is 9.65. The number of carbonyl (C=O) groups excluding carboxylic acids is 2. The van der Waals surface area contributed by atoms with Crippen LogP contribution in [0.15, 0.2) is 35.2 Å². The Morgan fingerprint density at radius 3 is 2.40 bits per heavy atom. The highest BCUT2D eigenvalue weighted by Crippen LogP contribution is 2.32. The molecule has 2 rings (SSSR count). The number of imide groups is 1. The zero-order valence-electron chi connectivity index (χ0n) is 11.7. The van der Waals surface area contributed by atoms with Gasteiger partial charge in [0.1, 0.15) is 0 Å². The van der Waals surface area contributed by atoms with Crippen molar-refractivity contribution in [3.05, 3.63) is 40.8 Å². The van der Waals surface area contributed by atoms with E-state index in [1.165, 1.54) is 4.90 Å². The van der Waals surface area contributed by atoms with E-state index in [4.69, 9.17) is 0 Å². The lowest BCUT2D eigenvalue weighted by Crippen LogP contribution is -2.40. The van der Waals surface area contributed by atoms with Crippen LogP contribution < -0.4 is 0 Å². The molecule has 4 nitrogen and oxygen atoms in total. The fourth-order valence-electron chi connectivity index (χ4n) is 1.95. The van der Waals surface area contributed by atoms with Gasteiger partial charge in [-0.3, -0.25) is 19.4 Å². The van der Waals surface area contributed by atoms with Crippen LogP contribution in [0.4, 0.5) is 4.79 Å². The zero-order valence-corrected chi connectivity index (χ0v) is 12.5. The van der Waals surface area contributed by atoms with Gasteiger partial charge in [-0.25, -0.2) is 0 Å². The number of hydrogen-bond acceptors (Lipinski definition) is 4. The topological polar surface area (TPSA) is 40.6 Å². The second kappa shape index (κ2) is 6.72. The fraction of sp³-hybridized carbons (Fsp3) is 0.333. The summed E-state index contributed by atoms with van der Waals surface area (Å²) in [6.07, 6.45) is 1.77. The van der Waals surface area contributed by atoms with Crippen molar-refractivity contribution in [2.45, 2.75) is 13.8 Å². The van der Waals surface area contributed by atoms with E-state index in [1.807, 2.05) is 49.1 Å². The Hall–Kier alpha value is -1.59.